The highest BCUT2D eigenvalue weighted by Gasteiger charge is 2.32. The summed E-state index contributed by atoms with van der Waals surface area (Å²) in [5.74, 6) is -0.841. The van der Waals surface area contributed by atoms with E-state index in [1.54, 1.807) is 19.1 Å². The highest BCUT2D eigenvalue weighted by molar-refractivity contribution is 5.87. The molecular formula is C23H19F3O6. The van der Waals surface area contributed by atoms with E-state index in [0.717, 1.165) is 0 Å². The largest absolute Gasteiger partial charge is 0.573 e. The summed E-state index contributed by atoms with van der Waals surface area (Å²) >= 11 is 0. The summed E-state index contributed by atoms with van der Waals surface area (Å²) in [6.07, 6.45) is -4.43. The Hall–Kier alpha value is -3.75. The highest BCUT2D eigenvalue weighted by atomic mass is 19.4. The molecule has 0 atom stereocenters. The van der Waals surface area contributed by atoms with Crippen LogP contribution in [0.15, 0.2) is 63.8 Å². The van der Waals surface area contributed by atoms with Gasteiger partial charge in [-0.05, 0) is 43.2 Å². The lowest BCUT2D eigenvalue weighted by Crippen LogP contribution is -2.18. The normalized spacial score (nSPS) is 11.3. The second-order valence-electron chi connectivity index (χ2n) is 6.85. The van der Waals surface area contributed by atoms with Gasteiger partial charge in [0.05, 0.1) is 5.56 Å². The maximum absolute atomic E-state index is 12.9. The van der Waals surface area contributed by atoms with Crippen LogP contribution in [0.2, 0.25) is 0 Å². The molecule has 0 saturated carbocycles. The number of aryl methyl sites for hydroxylation is 1. The van der Waals surface area contributed by atoms with Crippen LogP contribution >= 0.6 is 0 Å². The molecule has 3 aromatic rings. The maximum atomic E-state index is 12.9. The van der Waals surface area contributed by atoms with Gasteiger partial charge in [-0.25, -0.2) is 9.59 Å². The standard InChI is InChI=1S/C23H19F3O6/c1-4-14-5-8-17(20(9-14)32-23(24,25)26)18-10-15-6-7-16(11-19(15)31-22(18)28)29-12-30-21(27)13(2)3/h5-11H,2,4,12H2,1,3H3. The molecule has 9 heteroatoms. The van der Waals surface area contributed by atoms with Crippen LogP contribution in [0, 0.1) is 0 Å². The smallest absolute Gasteiger partial charge is 0.457 e. The molecule has 0 fully saturated rings. The third-order valence-corrected chi connectivity index (χ3v) is 4.44. The van der Waals surface area contributed by atoms with Crippen molar-refractivity contribution in [1.82, 2.24) is 0 Å². The van der Waals surface area contributed by atoms with Crippen LogP contribution in [0.25, 0.3) is 22.1 Å². The number of hydrogen-bond acceptors (Lipinski definition) is 6. The minimum atomic E-state index is -4.92. The SMILES string of the molecule is C=C(C)C(=O)OCOc1ccc2cc(-c3ccc(CC)cc3OC(F)(F)F)c(=O)oc2c1. The Labute approximate surface area is 180 Å². The van der Waals surface area contributed by atoms with Gasteiger partial charge >= 0.3 is 18.0 Å². The van der Waals surface area contributed by atoms with E-state index >= 15 is 0 Å². The van der Waals surface area contributed by atoms with Crippen LogP contribution in [0.3, 0.4) is 0 Å². The predicted octanol–water partition coefficient (Wildman–Crippen LogP) is 5.38. The number of ether oxygens (including phenoxy) is 3. The Bertz CT molecular complexity index is 1230. The van der Waals surface area contributed by atoms with E-state index in [-0.39, 0.29) is 34.8 Å². The Balaban J connectivity index is 1.94. The number of hydrogen-bond donors (Lipinski definition) is 0. The fourth-order valence-electron chi connectivity index (χ4n) is 2.86. The summed E-state index contributed by atoms with van der Waals surface area (Å²) in [5, 5.41) is 0.448. The van der Waals surface area contributed by atoms with E-state index in [1.807, 2.05) is 0 Å². The van der Waals surface area contributed by atoms with Crippen molar-refractivity contribution in [2.75, 3.05) is 6.79 Å². The molecule has 0 aliphatic rings. The number of halogens is 3. The number of carbonyl (C=O) groups is 1. The Morgan fingerprint density at radius 1 is 1.09 bits per heavy atom. The van der Waals surface area contributed by atoms with Crippen molar-refractivity contribution in [3.05, 3.63) is 70.6 Å². The average Bonchev–Trinajstić information content (AvgIpc) is 2.72. The lowest BCUT2D eigenvalue weighted by atomic mass is 10.0. The summed E-state index contributed by atoms with van der Waals surface area (Å²) in [6, 6.07) is 10.2. The topological polar surface area (TPSA) is 75.0 Å². The van der Waals surface area contributed by atoms with E-state index in [0.29, 0.717) is 17.4 Å². The second kappa shape index (κ2) is 9.17. The summed E-state index contributed by atoms with van der Waals surface area (Å²) < 4.78 is 58.3. The third-order valence-electron chi connectivity index (χ3n) is 4.44. The summed E-state index contributed by atoms with van der Waals surface area (Å²) in [7, 11) is 0. The third kappa shape index (κ3) is 5.48. The summed E-state index contributed by atoms with van der Waals surface area (Å²) in [5.41, 5.74) is 0.00930. The average molecular weight is 448 g/mol. The number of rotatable bonds is 7. The first kappa shape index (κ1) is 22.9. The Morgan fingerprint density at radius 3 is 2.50 bits per heavy atom. The molecule has 1 aromatic heterocycles. The van der Waals surface area contributed by atoms with Crippen LogP contribution in [-0.2, 0) is 16.0 Å². The van der Waals surface area contributed by atoms with Crippen molar-refractivity contribution in [2.24, 2.45) is 0 Å². The van der Waals surface area contributed by atoms with Gasteiger partial charge in [0.25, 0.3) is 0 Å². The zero-order chi connectivity index (χ0) is 23.5. The first-order chi connectivity index (χ1) is 15.1. The molecular weight excluding hydrogens is 429 g/mol. The van der Waals surface area contributed by atoms with Gasteiger partial charge in [0, 0.05) is 22.6 Å². The first-order valence-electron chi connectivity index (χ1n) is 9.49. The number of benzene rings is 2. The molecule has 32 heavy (non-hydrogen) atoms. The monoisotopic (exact) mass is 448 g/mol. The van der Waals surface area contributed by atoms with Crippen molar-refractivity contribution < 1.29 is 36.6 Å². The molecule has 0 bridgehead atoms. The molecule has 0 aliphatic carbocycles. The van der Waals surface area contributed by atoms with E-state index < -0.39 is 23.7 Å². The van der Waals surface area contributed by atoms with Gasteiger partial charge in [0.2, 0.25) is 6.79 Å². The quantitative estimate of drug-likeness (QED) is 0.209. The molecule has 168 valence electrons. The van der Waals surface area contributed by atoms with Crippen LogP contribution in [-0.4, -0.2) is 19.1 Å². The second-order valence-corrected chi connectivity index (χ2v) is 6.85. The van der Waals surface area contributed by atoms with Crippen molar-refractivity contribution in [3.63, 3.8) is 0 Å². The number of carbonyl (C=O) groups excluding carboxylic acids is 1. The first-order valence-corrected chi connectivity index (χ1v) is 9.49. The fourth-order valence-corrected chi connectivity index (χ4v) is 2.86. The molecule has 3 rings (SSSR count). The molecule has 1 heterocycles. The lowest BCUT2D eigenvalue weighted by molar-refractivity contribution is -0.274. The Morgan fingerprint density at radius 2 is 1.84 bits per heavy atom. The molecule has 0 saturated heterocycles. The molecule has 0 aliphatic heterocycles. The summed E-state index contributed by atoms with van der Waals surface area (Å²) in [6.45, 7) is 6.35. The van der Waals surface area contributed by atoms with Gasteiger partial charge in [0.1, 0.15) is 17.1 Å². The Kier molecular flexibility index (Phi) is 6.57. The number of fused-ring (bicyclic) bond motifs is 1. The van der Waals surface area contributed by atoms with Gasteiger partial charge in [-0.15, -0.1) is 13.2 Å². The molecule has 0 N–H and O–H groups in total. The zero-order valence-corrected chi connectivity index (χ0v) is 17.2. The minimum absolute atomic E-state index is 0.0396. The van der Waals surface area contributed by atoms with E-state index in [4.69, 9.17) is 13.9 Å². The summed E-state index contributed by atoms with van der Waals surface area (Å²) in [4.78, 5) is 23.9. The maximum Gasteiger partial charge on any atom is 0.573 e. The van der Waals surface area contributed by atoms with Crippen molar-refractivity contribution in [1.29, 1.82) is 0 Å². The molecule has 2 aromatic carbocycles. The van der Waals surface area contributed by atoms with Gasteiger partial charge in [-0.2, -0.15) is 0 Å². The van der Waals surface area contributed by atoms with Gasteiger partial charge < -0.3 is 18.6 Å². The molecule has 0 radical (unpaired) electrons. The van der Waals surface area contributed by atoms with Gasteiger partial charge in [-0.3, -0.25) is 0 Å². The van der Waals surface area contributed by atoms with Crippen molar-refractivity contribution in [3.8, 4) is 22.6 Å². The number of alkyl halides is 3. The van der Waals surface area contributed by atoms with Crippen LogP contribution in [0.1, 0.15) is 19.4 Å². The predicted molar refractivity (Wildman–Crippen MR) is 110 cm³/mol. The van der Waals surface area contributed by atoms with E-state index in [9.17, 15) is 22.8 Å². The number of esters is 1. The molecule has 0 amide bonds. The zero-order valence-electron chi connectivity index (χ0n) is 17.2. The minimum Gasteiger partial charge on any atom is -0.457 e. The lowest BCUT2D eigenvalue weighted by Gasteiger charge is -2.14. The molecule has 0 spiro atoms. The van der Waals surface area contributed by atoms with Crippen LogP contribution < -0.4 is 15.1 Å². The van der Waals surface area contributed by atoms with Gasteiger partial charge in [0.15, 0.2) is 0 Å². The van der Waals surface area contributed by atoms with Crippen LogP contribution in [0.4, 0.5) is 13.2 Å². The van der Waals surface area contributed by atoms with E-state index in [2.05, 4.69) is 11.3 Å². The molecule has 0 unspecified atom stereocenters. The van der Waals surface area contributed by atoms with Crippen molar-refractivity contribution in [2.45, 2.75) is 26.6 Å². The van der Waals surface area contributed by atoms with E-state index in [1.165, 1.54) is 37.3 Å². The molecule has 6 nitrogen and oxygen atoms in total. The van der Waals surface area contributed by atoms with Crippen molar-refractivity contribution >= 4 is 16.9 Å². The highest BCUT2D eigenvalue weighted by Crippen LogP contribution is 2.35. The fraction of sp³-hybridized carbons (Fsp3) is 0.217. The van der Waals surface area contributed by atoms with Gasteiger partial charge in [-0.1, -0.05) is 25.6 Å². The van der Waals surface area contributed by atoms with Crippen LogP contribution in [0.5, 0.6) is 11.5 Å².